The predicted molar refractivity (Wildman–Crippen MR) is 141 cm³/mol. The lowest BCUT2D eigenvalue weighted by Crippen LogP contribution is -2.47. The van der Waals surface area contributed by atoms with Crippen molar-refractivity contribution < 1.29 is 19.1 Å². The van der Waals surface area contributed by atoms with Gasteiger partial charge in [0.2, 0.25) is 11.8 Å². The van der Waals surface area contributed by atoms with E-state index in [1.807, 2.05) is 23.1 Å². The Hall–Kier alpha value is -3.01. The van der Waals surface area contributed by atoms with Gasteiger partial charge in [-0.15, -0.1) is 11.3 Å². The highest BCUT2D eigenvalue weighted by Gasteiger charge is 2.47. The second kappa shape index (κ2) is 8.51. The van der Waals surface area contributed by atoms with Crippen LogP contribution in [0.1, 0.15) is 43.4 Å². The second-order valence-corrected chi connectivity index (χ2v) is 12.0. The van der Waals surface area contributed by atoms with Crippen LogP contribution in [-0.4, -0.2) is 52.3 Å². The van der Waals surface area contributed by atoms with Crippen LogP contribution >= 0.6 is 22.9 Å². The summed E-state index contributed by atoms with van der Waals surface area (Å²) in [6, 6.07) is 7.57. The number of imide groups is 1. The predicted octanol–water partition coefficient (Wildman–Crippen LogP) is 4.28. The molecule has 1 aromatic carbocycles. The first-order valence-corrected chi connectivity index (χ1v) is 13.8. The summed E-state index contributed by atoms with van der Waals surface area (Å²) in [6.45, 7) is 0.985. The molecule has 8 nitrogen and oxygen atoms in total. The Balaban J connectivity index is 1.33. The van der Waals surface area contributed by atoms with E-state index in [9.17, 15) is 14.4 Å². The number of hydrogen-bond donors (Lipinski definition) is 1. The number of fused-ring (bicyclic) bond motifs is 2. The number of likely N-dealkylation sites (tertiary alicyclic amines) is 1. The number of benzene rings is 1. The number of rotatable bonds is 4. The van der Waals surface area contributed by atoms with Gasteiger partial charge in [-0.1, -0.05) is 11.6 Å². The Morgan fingerprint density at radius 2 is 1.92 bits per heavy atom. The van der Waals surface area contributed by atoms with Gasteiger partial charge in [-0.25, -0.2) is 0 Å². The molecule has 190 valence electrons. The summed E-state index contributed by atoms with van der Waals surface area (Å²) in [4.78, 5) is 46.3. The summed E-state index contributed by atoms with van der Waals surface area (Å²) in [6.07, 6.45) is 6.71. The van der Waals surface area contributed by atoms with Crippen molar-refractivity contribution in [1.82, 2.24) is 15.2 Å². The molecule has 1 spiro atoms. The highest BCUT2D eigenvalue weighted by Crippen LogP contribution is 2.49. The molecule has 0 radical (unpaired) electrons. The van der Waals surface area contributed by atoms with E-state index >= 15 is 0 Å². The molecular formula is C27H25ClN4O4S. The molecule has 7 rings (SSSR count). The van der Waals surface area contributed by atoms with Crippen LogP contribution in [0.3, 0.4) is 0 Å². The zero-order chi connectivity index (χ0) is 25.3. The van der Waals surface area contributed by atoms with E-state index in [1.165, 1.54) is 22.7 Å². The van der Waals surface area contributed by atoms with Crippen LogP contribution in [0, 0.1) is 0 Å². The third-order valence-electron chi connectivity index (χ3n) is 8.14. The van der Waals surface area contributed by atoms with Gasteiger partial charge in [0.1, 0.15) is 5.75 Å². The standard InChI is InChI=1S/C27H25ClN4O4S/c28-15-8-19(18-4-7-29-20-10-17(37-26(18)20)13-31-22(33)2-3-23(31)34)25-21(9-15)36-14-24(35)32(25)16-11-27(30-12-16)5-1-6-27/h4,7-10,16,30H,1-3,5-6,11-14H2. The third kappa shape index (κ3) is 3.74. The van der Waals surface area contributed by atoms with E-state index in [1.54, 1.807) is 12.3 Å². The molecule has 1 unspecified atom stereocenters. The highest BCUT2D eigenvalue weighted by molar-refractivity contribution is 7.19. The average Bonchev–Trinajstić information content (AvgIpc) is 3.57. The molecular weight excluding hydrogens is 512 g/mol. The number of amides is 3. The van der Waals surface area contributed by atoms with Crippen LogP contribution in [0.4, 0.5) is 5.69 Å². The lowest BCUT2D eigenvalue weighted by Gasteiger charge is -2.40. The Labute approximate surface area is 222 Å². The first-order chi connectivity index (χ1) is 17.9. The molecule has 37 heavy (non-hydrogen) atoms. The third-order valence-corrected chi connectivity index (χ3v) is 9.50. The van der Waals surface area contributed by atoms with Gasteiger partial charge in [0.15, 0.2) is 6.61 Å². The number of ether oxygens (including phenoxy) is 1. The van der Waals surface area contributed by atoms with E-state index in [2.05, 4.69) is 10.3 Å². The van der Waals surface area contributed by atoms with Crippen LogP contribution in [0.25, 0.3) is 21.3 Å². The number of aromatic nitrogens is 1. The molecule has 3 aromatic rings. The molecule has 1 N–H and O–H groups in total. The monoisotopic (exact) mass is 536 g/mol. The number of anilines is 1. The first kappa shape index (κ1) is 23.1. The Kier molecular flexibility index (Phi) is 5.32. The number of hydrogen-bond acceptors (Lipinski definition) is 7. The number of nitrogens with one attached hydrogen (secondary N) is 1. The molecule has 1 saturated carbocycles. The van der Waals surface area contributed by atoms with E-state index in [4.69, 9.17) is 16.3 Å². The molecule has 1 atom stereocenters. The van der Waals surface area contributed by atoms with Crippen molar-refractivity contribution in [2.75, 3.05) is 18.1 Å². The largest absolute Gasteiger partial charge is 0.481 e. The fourth-order valence-corrected chi connectivity index (χ4v) is 7.53. The van der Waals surface area contributed by atoms with Gasteiger partial charge in [0.05, 0.1) is 28.5 Å². The molecule has 5 heterocycles. The van der Waals surface area contributed by atoms with Crippen LogP contribution < -0.4 is 15.0 Å². The molecule has 10 heteroatoms. The van der Waals surface area contributed by atoms with Gasteiger partial charge in [-0.05, 0) is 43.9 Å². The lowest BCUT2D eigenvalue weighted by atomic mass is 9.75. The van der Waals surface area contributed by atoms with E-state index in [-0.39, 0.29) is 55.3 Å². The van der Waals surface area contributed by atoms with Crippen molar-refractivity contribution in [1.29, 1.82) is 0 Å². The summed E-state index contributed by atoms with van der Waals surface area (Å²) in [5, 5.41) is 4.21. The van der Waals surface area contributed by atoms with E-state index in [0.29, 0.717) is 10.8 Å². The Bertz CT molecular complexity index is 1470. The highest BCUT2D eigenvalue weighted by atomic mass is 35.5. The number of carbonyl (C=O) groups excluding carboxylic acids is 3. The number of thiophene rings is 1. The van der Waals surface area contributed by atoms with Crippen molar-refractivity contribution in [2.24, 2.45) is 0 Å². The van der Waals surface area contributed by atoms with E-state index < -0.39 is 0 Å². The van der Waals surface area contributed by atoms with Gasteiger partial charge < -0.3 is 15.0 Å². The Morgan fingerprint density at radius 1 is 1.11 bits per heavy atom. The first-order valence-electron chi connectivity index (χ1n) is 12.7. The topological polar surface area (TPSA) is 91.8 Å². The molecule has 3 amide bonds. The molecule has 0 bridgehead atoms. The van der Waals surface area contributed by atoms with Gasteiger partial charge in [0, 0.05) is 58.2 Å². The van der Waals surface area contributed by atoms with Crippen LogP contribution in [0.15, 0.2) is 30.5 Å². The maximum atomic E-state index is 13.3. The van der Waals surface area contributed by atoms with Gasteiger partial charge in [-0.3, -0.25) is 24.3 Å². The minimum atomic E-state index is -0.139. The lowest BCUT2D eigenvalue weighted by molar-refractivity contribution is -0.139. The molecule has 2 saturated heterocycles. The summed E-state index contributed by atoms with van der Waals surface area (Å²) < 4.78 is 6.82. The van der Waals surface area contributed by atoms with Crippen LogP contribution in [0.5, 0.6) is 5.75 Å². The maximum Gasteiger partial charge on any atom is 0.265 e. The van der Waals surface area contributed by atoms with Crippen molar-refractivity contribution in [3.63, 3.8) is 0 Å². The van der Waals surface area contributed by atoms with Gasteiger partial charge in [-0.2, -0.15) is 0 Å². The number of pyridine rings is 1. The normalized spacial score (nSPS) is 22.6. The average molecular weight is 537 g/mol. The van der Waals surface area contributed by atoms with Gasteiger partial charge >= 0.3 is 0 Å². The minimum absolute atomic E-state index is 0.0108. The quantitative estimate of drug-likeness (QED) is 0.501. The summed E-state index contributed by atoms with van der Waals surface area (Å²) in [7, 11) is 0. The molecule has 3 aliphatic heterocycles. The molecule has 2 aromatic heterocycles. The summed E-state index contributed by atoms with van der Waals surface area (Å²) >= 11 is 8.07. The van der Waals surface area contributed by atoms with Crippen LogP contribution in [-0.2, 0) is 20.9 Å². The van der Waals surface area contributed by atoms with Crippen LogP contribution in [0.2, 0.25) is 5.02 Å². The van der Waals surface area contributed by atoms with Crippen molar-refractivity contribution in [3.8, 4) is 16.9 Å². The van der Waals surface area contributed by atoms with Gasteiger partial charge in [0.25, 0.3) is 5.91 Å². The zero-order valence-corrected chi connectivity index (χ0v) is 21.7. The number of nitrogens with zero attached hydrogens (tertiary/aromatic N) is 3. The minimum Gasteiger partial charge on any atom is -0.481 e. The zero-order valence-electron chi connectivity index (χ0n) is 20.1. The second-order valence-electron chi connectivity index (χ2n) is 10.4. The summed E-state index contributed by atoms with van der Waals surface area (Å²) in [5.41, 5.74) is 3.38. The Morgan fingerprint density at radius 3 is 2.65 bits per heavy atom. The molecule has 1 aliphatic carbocycles. The molecule has 4 aliphatic rings. The smallest absolute Gasteiger partial charge is 0.265 e. The molecule has 3 fully saturated rings. The number of carbonyl (C=O) groups is 3. The van der Waals surface area contributed by atoms with Crippen molar-refractivity contribution in [2.45, 2.75) is 56.7 Å². The van der Waals surface area contributed by atoms with E-state index in [0.717, 1.165) is 57.7 Å². The fourth-order valence-electron chi connectivity index (χ4n) is 6.19. The number of halogens is 1. The fraction of sp³-hybridized carbons (Fsp3) is 0.407. The van der Waals surface area contributed by atoms with Crippen molar-refractivity contribution in [3.05, 3.63) is 40.4 Å². The SMILES string of the molecule is O=C1CCC(=O)N1Cc1cc2nccc(-c3cc(Cl)cc4c3N(C3CNC5(CCC5)C3)C(=O)CO4)c2s1. The van der Waals surface area contributed by atoms with Crippen molar-refractivity contribution >= 4 is 56.6 Å². The maximum absolute atomic E-state index is 13.3. The summed E-state index contributed by atoms with van der Waals surface area (Å²) in [5.74, 6) is 0.273.